The van der Waals surface area contributed by atoms with E-state index < -0.39 is 23.3 Å². The van der Waals surface area contributed by atoms with E-state index in [1.165, 1.54) is 26.0 Å². The Morgan fingerprint density at radius 2 is 1.84 bits per heavy atom. The van der Waals surface area contributed by atoms with E-state index in [-0.39, 0.29) is 36.1 Å². The lowest BCUT2D eigenvalue weighted by Gasteiger charge is -2.43. The van der Waals surface area contributed by atoms with Gasteiger partial charge in [0.05, 0.1) is 18.2 Å². The first kappa shape index (κ1) is 27.1. The Morgan fingerprint density at radius 3 is 2.47 bits per heavy atom. The van der Waals surface area contributed by atoms with Gasteiger partial charge in [0.25, 0.3) is 0 Å². The molecule has 2 heterocycles. The SMILES string of the molecule is CCC(CCC1CC(O)C1)Oc1cc(F)c([C@@H]2c3[nH]c4ccccc4c3C[C@@H](C)N2CC(C)(C)F)c(F)c1. The van der Waals surface area contributed by atoms with Crippen LogP contribution in [0.5, 0.6) is 5.75 Å². The maximum Gasteiger partial charge on any atom is 0.135 e. The lowest BCUT2D eigenvalue weighted by Crippen LogP contribution is -2.48. The molecule has 2 N–H and O–H groups in total. The van der Waals surface area contributed by atoms with Crippen LogP contribution in [0.1, 0.15) is 82.7 Å². The number of benzene rings is 2. The summed E-state index contributed by atoms with van der Waals surface area (Å²) in [6, 6.07) is 9.49. The van der Waals surface area contributed by atoms with E-state index in [0.29, 0.717) is 18.0 Å². The number of nitrogens with zero attached hydrogens (tertiary/aromatic N) is 1. The maximum absolute atomic E-state index is 15.9. The van der Waals surface area contributed by atoms with E-state index in [4.69, 9.17) is 4.74 Å². The maximum atomic E-state index is 15.9. The fraction of sp³-hybridized carbons (Fsp3) is 0.548. The van der Waals surface area contributed by atoms with E-state index in [9.17, 15) is 9.50 Å². The number of aliphatic hydroxyl groups is 1. The highest BCUT2D eigenvalue weighted by atomic mass is 19.1. The van der Waals surface area contributed by atoms with Gasteiger partial charge in [-0.15, -0.1) is 0 Å². The zero-order valence-corrected chi connectivity index (χ0v) is 22.7. The molecular weight excluding hydrogens is 489 g/mol. The fourth-order valence-corrected chi connectivity index (χ4v) is 6.29. The predicted octanol–water partition coefficient (Wildman–Crippen LogP) is 7.24. The van der Waals surface area contributed by atoms with Gasteiger partial charge in [-0.2, -0.15) is 0 Å². The second kappa shape index (κ2) is 10.6. The first-order valence-electron chi connectivity index (χ1n) is 13.9. The van der Waals surface area contributed by atoms with E-state index in [2.05, 4.69) is 4.98 Å². The number of H-pyrrole nitrogens is 1. The van der Waals surface area contributed by atoms with Crippen LogP contribution in [-0.2, 0) is 6.42 Å². The van der Waals surface area contributed by atoms with E-state index in [1.54, 1.807) is 0 Å². The van der Waals surface area contributed by atoms with Gasteiger partial charge >= 0.3 is 0 Å². The number of nitrogens with one attached hydrogen (secondary N) is 1. The second-order valence-electron chi connectivity index (χ2n) is 11.9. The highest BCUT2D eigenvalue weighted by molar-refractivity contribution is 5.85. The lowest BCUT2D eigenvalue weighted by molar-refractivity contribution is 0.0323. The molecule has 206 valence electrons. The third kappa shape index (κ3) is 5.46. The topological polar surface area (TPSA) is 48.5 Å². The molecule has 4 nitrogen and oxygen atoms in total. The summed E-state index contributed by atoms with van der Waals surface area (Å²) in [5.74, 6) is -0.727. The Labute approximate surface area is 223 Å². The summed E-state index contributed by atoms with van der Waals surface area (Å²) in [7, 11) is 0. The van der Waals surface area contributed by atoms with Crippen molar-refractivity contribution >= 4 is 10.9 Å². The van der Waals surface area contributed by atoms with Crippen LogP contribution >= 0.6 is 0 Å². The van der Waals surface area contributed by atoms with E-state index in [0.717, 1.165) is 48.6 Å². The molecule has 1 unspecified atom stereocenters. The van der Waals surface area contributed by atoms with E-state index in [1.807, 2.05) is 43.0 Å². The van der Waals surface area contributed by atoms with Crippen molar-refractivity contribution in [1.29, 1.82) is 0 Å². The minimum atomic E-state index is -1.54. The van der Waals surface area contributed by atoms with Gasteiger partial charge in [0.15, 0.2) is 0 Å². The molecule has 0 spiro atoms. The standard InChI is InChI=1S/C31H39F3N2O2/c1-5-21(11-10-19-13-20(37)14-19)38-22-15-25(32)28(26(33)16-22)30-29-24(23-8-6-7-9-27(23)35-29)12-18(2)36(30)17-31(3,4)34/h6-9,15-16,18-21,30,35,37H,5,10-14,17H2,1-4H3/t18-,19?,20?,21?,30-/m1/s1. The van der Waals surface area contributed by atoms with Crippen LogP contribution in [0.25, 0.3) is 10.9 Å². The smallest absolute Gasteiger partial charge is 0.135 e. The number of aromatic nitrogens is 1. The van der Waals surface area contributed by atoms with Crippen LogP contribution in [0.3, 0.4) is 0 Å². The molecule has 1 aromatic heterocycles. The number of fused-ring (bicyclic) bond motifs is 3. The number of para-hydroxylation sites is 1. The van der Waals surface area contributed by atoms with Gasteiger partial charge in [-0.05, 0) is 76.8 Å². The Kier molecular flexibility index (Phi) is 7.53. The summed E-state index contributed by atoms with van der Waals surface area (Å²) in [5.41, 5.74) is 1.02. The minimum Gasteiger partial charge on any atom is -0.490 e. The van der Waals surface area contributed by atoms with Crippen LogP contribution in [-0.4, -0.2) is 45.5 Å². The summed E-state index contributed by atoms with van der Waals surface area (Å²) in [6.45, 7) is 7.02. The molecule has 3 atom stereocenters. The fourth-order valence-electron chi connectivity index (χ4n) is 6.29. The number of ether oxygens (including phenoxy) is 1. The third-order valence-corrected chi connectivity index (χ3v) is 8.27. The Morgan fingerprint density at radius 1 is 1.16 bits per heavy atom. The van der Waals surface area contributed by atoms with Gasteiger partial charge in [-0.25, -0.2) is 13.2 Å². The van der Waals surface area contributed by atoms with Crippen molar-refractivity contribution < 1.29 is 23.0 Å². The first-order valence-corrected chi connectivity index (χ1v) is 13.9. The Hall–Kier alpha value is -2.51. The number of rotatable bonds is 9. The van der Waals surface area contributed by atoms with Crippen molar-refractivity contribution in [1.82, 2.24) is 9.88 Å². The molecule has 0 bridgehead atoms. The van der Waals surface area contributed by atoms with Crippen LogP contribution in [0, 0.1) is 17.6 Å². The monoisotopic (exact) mass is 528 g/mol. The third-order valence-electron chi connectivity index (χ3n) is 8.27. The molecule has 1 aliphatic carbocycles. The molecule has 5 rings (SSSR count). The molecule has 0 amide bonds. The van der Waals surface area contributed by atoms with Gasteiger partial charge < -0.3 is 14.8 Å². The highest BCUT2D eigenvalue weighted by Crippen LogP contribution is 2.44. The average Bonchev–Trinajstić information content (AvgIpc) is 3.19. The number of alkyl halides is 1. The molecule has 2 aliphatic rings. The van der Waals surface area contributed by atoms with E-state index >= 15 is 8.78 Å². The lowest BCUT2D eigenvalue weighted by atomic mass is 9.79. The van der Waals surface area contributed by atoms with Crippen LogP contribution in [0.2, 0.25) is 0 Å². The number of aromatic amines is 1. The molecule has 0 radical (unpaired) electrons. The average molecular weight is 529 g/mol. The molecule has 1 aliphatic heterocycles. The Bertz CT molecular complexity index is 1250. The van der Waals surface area contributed by atoms with Gasteiger partial charge in [0.1, 0.15) is 23.1 Å². The summed E-state index contributed by atoms with van der Waals surface area (Å²) in [4.78, 5) is 5.28. The van der Waals surface area contributed by atoms with Crippen LogP contribution in [0.4, 0.5) is 13.2 Å². The molecule has 2 aromatic carbocycles. The van der Waals surface area contributed by atoms with Gasteiger partial charge in [-0.3, -0.25) is 4.90 Å². The number of hydrogen-bond acceptors (Lipinski definition) is 3. The largest absolute Gasteiger partial charge is 0.490 e. The summed E-state index contributed by atoms with van der Waals surface area (Å²) in [6.07, 6.45) is 4.36. The predicted molar refractivity (Wildman–Crippen MR) is 144 cm³/mol. The first-order chi connectivity index (χ1) is 18.0. The molecule has 1 fully saturated rings. The van der Waals surface area contributed by atoms with Crippen molar-refractivity contribution in [2.75, 3.05) is 6.54 Å². The normalized spacial score (nSPS) is 24.7. The molecule has 1 saturated carbocycles. The van der Waals surface area contributed by atoms with Crippen molar-refractivity contribution in [3.8, 4) is 5.75 Å². The van der Waals surface area contributed by atoms with Crippen LogP contribution < -0.4 is 4.74 Å². The number of hydrogen-bond donors (Lipinski definition) is 2. The zero-order valence-electron chi connectivity index (χ0n) is 22.7. The molecule has 7 heteroatoms. The Balaban J connectivity index is 1.48. The van der Waals surface area contributed by atoms with Gasteiger partial charge in [-0.1, -0.05) is 25.1 Å². The van der Waals surface area contributed by atoms with Crippen molar-refractivity contribution in [3.63, 3.8) is 0 Å². The molecule has 0 saturated heterocycles. The van der Waals surface area contributed by atoms with Gasteiger partial charge in [0.2, 0.25) is 0 Å². The minimum absolute atomic E-state index is 0.0402. The van der Waals surface area contributed by atoms with Crippen LogP contribution in [0.15, 0.2) is 36.4 Å². The van der Waals surface area contributed by atoms with Crippen molar-refractivity contribution in [2.24, 2.45) is 5.92 Å². The number of aliphatic hydroxyl groups excluding tert-OH is 1. The summed E-state index contributed by atoms with van der Waals surface area (Å²) >= 11 is 0. The molecule has 38 heavy (non-hydrogen) atoms. The summed E-state index contributed by atoms with van der Waals surface area (Å²) < 4.78 is 52.7. The van der Waals surface area contributed by atoms with Crippen molar-refractivity contribution in [3.05, 3.63) is 64.9 Å². The number of halogens is 3. The van der Waals surface area contributed by atoms with Crippen molar-refractivity contribution in [2.45, 2.75) is 96.2 Å². The quantitative estimate of drug-likeness (QED) is 0.308. The zero-order chi connectivity index (χ0) is 27.2. The summed E-state index contributed by atoms with van der Waals surface area (Å²) in [5, 5.41) is 10.6. The molecule has 3 aromatic rings. The van der Waals surface area contributed by atoms with Gasteiger partial charge in [0, 0.05) is 46.9 Å². The highest BCUT2D eigenvalue weighted by Gasteiger charge is 2.41. The molecular formula is C31H39F3N2O2. The second-order valence-corrected chi connectivity index (χ2v) is 11.9.